The van der Waals surface area contributed by atoms with Gasteiger partial charge in [-0.2, -0.15) is 0 Å². The third kappa shape index (κ3) is 3.02. The summed E-state index contributed by atoms with van der Waals surface area (Å²) in [6.45, 7) is 3.07. The number of nitrogens with zero attached hydrogens (tertiary/aromatic N) is 2. The average molecular weight is 354 g/mol. The molecule has 0 spiro atoms. The molecule has 0 radical (unpaired) electrons. The molecule has 5 heteroatoms. The minimum absolute atomic E-state index is 0.193. The maximum Gasteiger partial charge on any atom is 0.233 e. The van der Waals surface area contributed by atoms with E-state index in [1.807, 2.05) is 17.0 Å². The number of carbonyl (C=O) groups excluding carboxylic acids is 1. The molecule has 2 aromatic rings. The summed E-state index contributed by atoms with van der Waals surface area (Å²) in [5, 5.41) is 0. The van der Waals surface area contributed by atoms with Gasteiger partial charge in [-0.1, -0.05) is 12.1 Å². The Morgan fingerprint density at radius 2 is 1.58 bits per heavy atom. The molecular weight excluding hydrogens is 331 g/mol. The number of hydrogen-bond acceptors (Lipinski definition) is 3. The van der Waals surface area contributed by atoms with E-state index in [2.05, 4.69) is 17.0 Å². The number of methoxy groups -OCH3 is 1. The van der Waals surface area contributed by atoms with Crippen LogP contribution in [-0.4, -0.2) is 44.1 Å². The standard InChI is InChI=1S/C21H23FN2O2/c1-26-19-8-6-18(7-9-19)23-12-14-24(15-13-23)20(25)21(10-11-21)16-2-4-17(22)5-3-16/h2-9H,10-15H2,1H3. The van der Waals surface area contributed by atoms with E-state index in [4.69, 9.17) is 4.74 Å². The van der Waals surface area contributed by atoms with Gasteiger partial charge < -0.3 is 14.5 Å². The van der Waals surface area contributed by atoms with Gasteiger partial charge in [-0.15, -0.1) is 0 Å². The van der Waals surface area contributed by atoms with Crippen molar-refractivity contribution in [1.82, 2.24) is 4.90 Å². The van der Waals surface area contributed by atoms with Crippen LogP contribution in [-0.2, 0) is 10.2 Å². The summed E-state index contributed by atoms with van der Waals surface area (Å²) in [5.74, 6) is 0.779. The molecular formula is C21H23FN2O2. The van der Waals surface area contributed by atoms with E-state index in [9.17, 15) is 9.18 Å². The molecule has 0 bridgehead atoms. The van der Waals surface area contributed by atoms with Crippen LogP contribution in [0, 0.1) is 5.82 Å². The highest BCUT2D eigenvalue weighted by atomic mass is 19.1. The van der Waals surface area contributed by atoms with Crippen LogP contribution in [0.25, 0.3) is 0 Å². The molecule has 26 heavy (non-hydrogen) atoms. The second-order valence-electron chi connectivity index (χ2n) is 7.07. The van der Waals surface area contributed by atoms with Gasteiger partial charge in [0.05, 0.1) is 12.5 Å². The number of anilines is 1. The van der Waals surface area contributed by atoms with Gasteiger partial charge in [-0.05, 0) is 54.8 Å². The van der Waals surface area contributed by atoms with Crippen LogP contribution in [0.1, 0.15) is 18.4 Å². The molecule has 1 aliphatic carbocycles. The third-order valence-corrected chi connectivity index (χ3v) is 5.56. The van der Waals surface area contributed by atoms with Crippen molar-refractivity contribution in [2.75, 3.05) is 38.2 Å². The fraction of sp³-hybridized carbons (Fsp3) is 0.381. The number of hydrogen-bond donors (Lipinski definition) is 0. The number of rotatable bonds is 4. The Balaban J connectivity index is 1.41. The van der Waals surface area contributed by atoms with Crippen molar-refractivity contribution in [1.29, 1.82) is 0 Å². The zero-order valence-electron chi connectivity index (χ0n) is 15.0. The predicted molar refractivity (Wildman–Crippen MR) is 99.1 cm³/mol. The van der Waals surface area contributed by atoms with Gasteiger partial charge in [0.1, 0.15) is 11.6 Å². The zero-order chi connectivity index (χ0) is 18.1. The van der Waals surface area contributed by atoms with Crippen molar-refractivity contribution in [3.8, 4) is 5.75 Å². The SMILES string of the molecule is COc1ccc(N2CCN(C(=O)C3(c4ccc(F)cc4)CC3)CC2)cc1. The molecule has 1 aliphatic heterocycles. The summed E-state index contributed by atoms with van der Waals surface area (Å²) < 4.78 is 18.4. The van der Waals surface area contributed by atoms with Crippen LogP contribution in [0.4, 0.5) is 10.1 Å². The van der Waals surface area contributed by atoms with Crippen LogP contribution in [0.15, 0.2) is 48.5 Å². The summed E-state index contributed by atoms with van der Waals surface area (Å²) in [7, 11) is 1.66. The second kappa shape index (κ2) is 6.63. The summed E-state index contributed by atoms with van der Waals surface area (Å²) in [6, 6.07) is 14.4. The first kappa shape index (κ1) is 16.9. The molecule has 0 N–H and O–H groups in total. The molecule has 1 saturated carbocycles. The lowest BCUT2D eigenvalue weighted by molar-refractivity contribution is -0.134. The lowest BCUT2D eigenvalue weighted by Gasteiger charge is -2.38. The lowest BCUT2D eigenvalue weighted by Crippen LogP contribution is -2.51. The number of halogens is 1. The highest BCUT2D eigenvalue weighted by Gasteiger charge is 2.53. The van der Waals surface area contributed by atoms with E-state index in [0.29, 0.717) is 13.1 Å². The molecule has 4 rings (SSSR count). The zero-order valence-corrected chi connectivity index (χ0v) is 15.0. The molecule has 0 atom stereocenters. The van der Waals surface area contributed by atoms with Gasteiger partial charge in [0, 0.05) is 31.9 Å². The molecule has 1 heterocycles. The fourth-order valence-corrected chi connectivity index (χ4v) is 3.78. The molecule has 2 aliphatic rings. The number of benzene rings is 2. The highest BCUT2D eigenvalue weighted by molar-refractivity contribution is 5.91. The van der Waals surface area contributed by atoms with Crippen molar-refractivity contribution in [3.63, 3.8) is 0 Å². The van der Waals surface area contributed by atoms with Gasteiger partial charge in [-0.25, -0.2) is 4.39 Å². The Hall–Kier alpha value is -2.56. The Morgan fingerprint density at radius 3 is 2.12 bits per heavy atom. The smallest absolute Gasteiger partial charge is 0.233 e. The van der Waals surface area contributed by atoms with Gasteiger partial charge in [-0.3, -0.25) is 4.79 Å². The first-order valence-electron chi connectivity index (χ1n) is 9.07. The summed E-state index contributed by atoms with van der Waals surface area (Å²) >= 11 is 0. The predicted octanol–water partition coefficient (Wildman–Crippen LogP) is 3.21. The van der Waals surface area contributed by atoms with Crippen LogP contribution in [0.3, 0.4) is 0 Å². The maximum absolute atomic E-state index is 13.2. The van der Waals surface area contributed by atoms with E-state index in [1.165, 1.54) is 12.1 Å². The molecule has 4 nitrogen and oxygen atoms in total. The summed E-state index contributed by atoms with van der Waals surface area (Å²) in [4.78, 5) is 17.4. The van der Waals surface area contributed by atoms with Crippen LogP contribution < -0.4 is 9.64 Å². The number of piperazine rings is 1. The number of amides is 1. The van der Waals surface area contributed by atoms with Crippen molar-refractivity contribution in [3.05, 3.63) is 59.9 Å². The van der Waals surface area contributed by atoms with Crippen LogP contribution >= 0.6 is 0 Å². The molecule has 0 aromatic heterocycles. The number of carbonyl (C=O) groups is 1. The maximum atomic E-state index is 13.2. The van der Waals surface area contributed by atoms with Crippen LogP contribution in [0.2, 0.25) is 0 Å². The van der Waals surface area contributed by atoms with E-state index >= 15 is 0 Å². The van der Waals surface area contributed by atoms with Gasteiger partial charge >= 0.3 is 0 Å². The second-order valence-corrected chi connectivity index (χ2v) is 7.07. The normalized spacial score (nSPS) is 18.5. The van der Waals surface area contributed by atoms with Gasteiger partial charge in [0.25, 0.3) is 0 Å². The van der Waals surface area contributed by atoms with Crippen molar-refractivity contribution in [2.45, 2.75) is 18.3 Å². The van der Waals surface area contributed by atoms with Crippen molar-refractivity contribution >= 4 is 11.6 Å². The highest BCUT2D eigenvalue weighted by Crippen LogP contribution is 2.49. The number of ether oxygens (including phenoxy) is 1. The minimum atomic E-state index is -0.421. The minimum Gasteiger partial charge on any atom is -0.497 e. The first-order valence-corrected chi connectivity index (χ1v) is 9.07. The Morgan fingerprint density at radius 1 is 0.962 bits per heavy atom. The first-order chi connectivity index (χ1) is 12.6. The molecule has 136 valence electrons. The molecule has 1 amide bonds. The molecule has 2 fully saturated rings. The lowest BCUT2D eigenvalue weighted by atomic mass is 9.94. The van der Waals surface area contributed by atoms with Gasteiger partial charge in [0.15, 0.2) is 0 Å². The van der Waals surface area contributed by atoms with E-state index in [0.717, 1.165) is 42.9 Å². The topological polar surface area (TPSA) is 32.8 Å². The third-order valence-electron chi connectivity index (χ3n) is 5.56. The van der Waals surface area contributed by atoms with Crippen molar-refractivity contribution < 1.29 is 13.9 Å². The molecule has 0 unspecified atom stereocenters. The fourth-order valence-electron chi connectivity index (χ4n) is 3.78. The van der Waals surface area contributed by atoms with Crippen molar-refractivity contribution in [2.24, 2.45) is 0 Å². The quantitative estimate of drug-likeness (QED) is 0.845. The average Bonchev–Trinajstić information content (AvgIpc) is 3.50. The van der Waals surface area contributed by atoms with Crippen LogP contribution in [0.5, 0.6) is 5.75 Å². The summed E-state index contributed by atoms with van der Waals surface area (Å²) in [5.41, 5.74) is 1.68. The molecule has 1 saturated heterocycles. The Kier molecular flexibility index (Phi) is 4.31. The Bertz CT molecular complexity index is 777. The largest absolute Gasteiger partial charge is 0.497 e. The van der Waals surface area contributed by atoms with E-state index < -0.39 is 5.41 Å². The summed E-state index contributed by atoms with van der Waals surface area (Å²) in [6.07, 6.45) is 1.71. The molecule has 2 aromatic carbocycles. The Labute approximate surface area is 153 Å². The van der Waals surface area contributed by atoms with E-state index in [-0.39, 0.29) is 11.7 Å². The van der Waals surface area contributed by atoms with E-state index in [1.54, 1.807) is 19.2 Å². The van der Waals surface area contributed by atoms with Gasteiger partial charge in [0.2, 0.25) is 5.91 Å². The monoisotopic (exact) mass is 354 g/mol.